The first-order valence-corrected chi connectivity index (χ1v) is 7.76. The average Bonchev–Trinajstić information content (AvgIpc) is 3.16. The fraction of sp³-hybridized carbons (Fsp3) is 0.471. The number of nitrogens with zero attached hydrogens (tertiary/aromatic N) is 3. The predicted octanol–water partition coefficient (Wildman–Crippen LogP) is 4.52. The summed E-state index contributed by atoms with van der Waals surface area (Å²) >= 11 is 0. The van der Waals surface area contributed by atoms with Crippen LogP contribution in [0.1, 0.15) is 37.3 Å². The van der Waals surface area contributed by atoms with Gasteiger partial charge in [-0.3, -0.25) is 4.68 Å². The molecule has 1 heterocycles. The van der Waals surface area contributed by atoms with Crippen molar-refractivity contribution in [3.05, 3.63) is 42.2 Å². The van der Waals surface area contributed by atoms with Crippen LogP contribution < -0.4 is 10.2 Å². The van der Waals surface area contributed by atoms with Gasteiger partial charge >= 0.3 is 0 Å². The van der Waals surface area contributed by atoms with E-state index in [4.69, 9.17) is 0 Å². The third-order valence-corrected chi connectivity index (χ3v) is 4.25. The van der Waals surface area contributed by atoms with Crippen LogP contribution in [-0.4, -0.2) is 23.9 Å². The molecule has 1 saturated carbocycles. The van der Waals surface area contributed by atoms with Gasteiger partial charge in [-0.2, -0.15) is 5.10 Å². The van der Waals surface area contributed by atoms with Gasteiger partial charge in [-0.1, -0.05) is 25.0 Å². The summed E-state index contributed by atoms with van der Waals surface area (Å²) in [6, 6.07) is 9.26. The minimum Gasteiger partial charge on any atom is -0.378 e. The molecule has 1 fully saturated rings. The molecule has 0 aliphatic heterocycles. The Morgan fingerprint density at radius 2 is 1.78 bits per heavy atom. The van der Waals surface area contributed by atoms with Crippen LogP contribution in [0, 0.1) is 0 Å². The molecule has 1 aliphatic rings. The number of rotatable bonds is 5. The monoisotopic (exact) mass is 356 g/mol. The molecule has 1 aromatic heterocycles. The van der Waals surface area contributed by atoms with Crippen molar-refractivity contribution >= 4 is 36.2 Å². The molecule has 2 aromatic rings. The third-order valence-electron chi connectivity index (χ3n) is 4.25. The molecule has 1 N–H and O–H groups in total. The Labute approximate surface area is 151 Å². The molecule has 3 rings (SSSR count). The van der Waals surface area contributed by atoms with Crippen molar-refractivity contribution in [1.29, 1.82) is 0 Å². The van der Waals surface area contributed by atoms with Crippen LogP contribution in [-0.2, 0) is 6.54 Å². The van der Waals surface area contributed by atoms with E-state index in [0.717, 1.165) is 12.2 Å². The van der Waals surface area contributed by atoms with Gasteiger partial charge < -0.3 is 10.2 Å². The highest BCUT2D eigenvalue weighted by molar-refractivity contribution is 5.85. The van der Waals surface area contributed by atoms with Gasteiger partial charge in [0, 0.05) is 32.5 Å². The molecule has 0 radical (unpaired) electrons. The molecular weight excluding hydrogens is 331 g/mol. The molecule has 0 amide bonds. The lowest BCUT2D eigenvalue weighted by Crippen LogP contribution is -2.08. The van der Waals surface area contributed by atoms with E-state index < -0.39 is 0 Å². The molecule has 0 unspecified atom stereocenters. The van der Waals surface area contributed by atoms with Crippen LogP contribution in [0.15, 0.2) is 36.7 Å². The Morgan fingerprint density at radius 3 is 2.39 bits per heavy atom. The number of anilines is 2. The van der Waals surface area contributed by atoms with Gasteiger partial charge in [-0.15, -0.1) is 24.8 Å². The van der Waals surface area contributed by atoms with Gasteiger partial charge in [0.25, 0.3) is 0 Å². The molecule has 128 valence electrons. The molecule has 1 aromatic carbocycles. The van der Waals surface area contributed by atoms with Gasteiger partial charge in [-0.05, 0) is 30.5 Å². The van der Waals surface area contributed by atoms with Crippen LogP contribution in [0.2, 0.25) is 0 Å². The van der Waals surface area contributed by atoms with Crippen molar-refractivity contribution in [2.24, 2.45) is 0 Å². The average molecular weight is 357 g/mol. The lowest BCUT2D eigenvalue weighted by molar-refractivity contribution is 0.467. The zero-order chi connectivity index (χ0) is 14.7. The van der Waals surface area contributed by atoms with Crippen LogP contribution in [0.25, 0.3) is 0 Å². The van der Waals surface area contributed by atoms with Crippen LogP contribution in [0.4, 0.5) is 11.4 Å². The first-order chi connectivity index (χ1) is 10.2. The molecule has 6 heteroatoms. The number of nitrogens with one attached hydrogen (secondary N) is 1. The van der Waals surface area contributed by atoms with E-state index in [9.17, 15) is 0 Å². The highest BCUT2D eigenvalue weighted by Gasteiger charge is 2.17. The van der Waals surface area contributed by atoms with E-state index in [1.807, 2.05) is 6.20 Å². The van der Waals surface area contributed by atoms with Gasteiger partial charge in [0.1, 0.15) is 0 Å². The summed E-state index contributed by atoms with van der Waals surface area (Å²) < 4.78 is 2.13. The number of halogens is 2. The van der Waals surface area contributed by atoms with Crippen molar-refractivity contribution in [3.63, 3.8) is 0 Å². The lowest BCUT2D eigenvalue weighted by atomic mass is 10.2. The fourth-order valence-electron chi connectivity index (χ4n) is 2.91. The fourth-order valence-corrected chi connectivity index (χ4v) is 2.91. The van der Waals surface area contributed by atoms with Crippen LogP contribution in [0.3, 0.4) is 0 Å². The molecule has 0 bridgehead atoms. The zero-order valence-electron chi connectivity index (χ0n) is 13.7. The summed E-state index contributed by atoms with van der Waals surface area (Å²) in [4.78, 5) is 2.11. The minimum atomic E-state index is 0. The van der Waals surface area contributed by atoms with Crippen molar-refractivity contribution in [2.45, 2.75) is 38.3 Å². The Hall–Kier alpha value is -1.39. The molecule has 0 saturated heterocycles. The van der Waals surface area contributed by atoms with Crippen LogP contribution in [0.5, 0.6) is 0 Å². The molecular formula is C17H26Cl2N4. The summed E-state index contributed by atoms with van der Waals surface area (Å²) in [5, 5.41) is 7.95. The second-order valence-corrected chi connectivity index (χ2v) is 6.06. The van der Waals surface area contributed by atoms with Crippen LogP contribution >= 0.6 is 24.8 Å². The highest BCUT2D eigenvalue weighted by Crippen LogP contribution is 2.29. The van der Waals surface area contributed by atoms with E-state index >= 15 is 0 Å². The Bertz CT molecular complexity index is 575. The summed E-state index contributed by atoms with van der Waals surface area (Å²) in [5.74, 6) is 0. The summed E-state index contributed by atoms with van der Waals surface area (Å²) in [5.41, 5.74) is 3.63. The highest BCUT2D eigenvalue weighted by atomic mass is 35.5. The Morgan fingerprint density at radius 1 is 1.13 bits per heavy atom. The second-order valence-electron chi connectivity index (χ2n) is 6.06. The number of aromatic nitrogens is 2. The maximum Gasteiger partial charge on any atom is 0.0729 e. The summed E-state index contributed by atoms with van der Waals surface area (Å²) in [7, 11) is 4.12. The quantitative estimate of drug-likeness (QED) is 0.854. The number of hydrogen-bond acceptors (Lipinski definition) is 3. The van der Waals surface area contributed by atoms with E-state index in [1.165, 1.54) is 36.9 Å². The number of benzene rings is 1. The maximum absolute atomic E-state index is 4.50. The van der Waals surface area contributed by atoms with E-state index in [2.05, 4.69) is 64.6 Å². The first kappa shape index (κ1) is 19.7. The SMILES string of the molecule is CN(C)c1ccc(CNc2cnn(C3CCCC3)c2)cc1.Cl.Cl. The number of hydrogen-bond donors (Lipinski definition) is 1. The van der Waals surface area contributed by atoms with Crippen molar-refractivity contribution in [2.75, 3.05) is 24.3 Å². The lowest BCUT2D eigenvalue weighted by Gasteiger charge is -2.13. The van der Waals surface area contributed by atoms with Crippen molar-refractivity contribution in [1.82, 2.24) is 9.78 Å². The Balaban J connectivity index is 0.00000132. The van der Waals surface area contributed by atoms with Gasteiger partial charge in [0.05, 0.1) is 17.9 Å². The largest absolute Gasteiger partial charge is 0.378 e. The Kier molecular flexibility index (Phi) is 7.73. The third kappa shape index (κ3) is 5.05. The summed E-state index contributed by atoms with van der Waals surface area (Å²) in [6.45, 7) is 0.837. The zero-order valence-corrected chi connectivity index (χ0v) is 15.4. The molecule has 0 spiro atoms. The standard InChI is InChI=1S/C17H24N4.2ClH/c1-20(2)16-9-7-14(8-10-16)11-18-15-12-19-21(13-15)17-5-3-4-6-17;;/h7-10,12-13,17-18H,3-6,11H2,1-2H3;2*1H. The smallest absolute Gasteiger partial charge is 0.0729 e. The van der Waals surface area contributed by atoms with Gasteiger partial charge in [0.15, 0.2) is 0 Å². The second kappa shape index (κ2) is 9.04. The van der Waals surface area contributed by atoms with Crippen molar-refractivity contribution < 1.29 is 0 Å². The molecule has 4 nitrogen and oxygen atoms in total. The van der Waals surface area contributed by atoms with E-state index in [0.29, 0.717) is 6.04 Å². The van der Waals surface area contributed by atoms with Gasteiger partial charge in [-0.25, -0.2) is 0 Å². The van der Waals surface area contributed by atoms with E-state index in [-0.39, 0.29) is 24.8 Å². The van der Waals surface area contributed by atoms with Gasteiger partial charge in [0.2, 0.25) is 0 Å². The first-order valence-electron chi connectivity index (χ1n) is 7.76. The summed E-state index contributed by atoms with van der Waals surface area (Å²) in [6.07, 6.45) is 9.30. The van der Waals surface area contributed by atoms with Crippen molar-refractivity contribution in [3.8, 4) is 0 Å². The minimum absolute atomic E-state index is 0. The molecule has 23 heavy (non-hydrogen) atoms. The predicted molar refractivity (Wildman–Crippen MR) is 102 cm³/mol. The molecule has 1 aliphatic carbocycles. The maximum atomic E-state index is 4.50. The van der Waals surface area contributed by atoms with E-state index in [1.54, 1.807) is 0 Å². The molecule has 0 atom stereocenters. The normalized spacial score (nSPS) is 14.0. The topological polar surface area (TPSA) is 33.1 Å².